The van der Waals surface area contributed by atoms with E-state index in [0.717, 1.165) is 0 Å². The Hall–Kier alpha value is -2.07. The van der Waals surface area contributed by atoms with Gasteiger partial charge in [-0.2, -0.15) is 0 Å². The first-order valence-electron chi connectivity index (χ1n) is 6.19. The van der Waals surface area contributed by atoms with Gasteiger partial charge in [-0.05, 0) is 36.8 Å². The quantitative estimate of drug-likeness (QED) is 0.800. The standard InChI is InChI=1S/C16H14ClFO3/c1-9-4-10(6-11(18)5-9)16(19)12-7-14(20-2)15(21-3)8-13(12)17/h4-8H,1-3H3. The van der Waals surface area contributed by atoms with E-state index < -0.39 is 5.82 Å². The molecule has 21 heavy (non-hydrogen) atoms. The number of hydrogen-bond donors (Lipinski definition) is 0. The molecule has 0 aliphatic heterocycles. The van der Waals surface area contributed by atoms with Gasteiger partial charge in [0.15, 0.2) is 17.3 Å². The Morgan fingerprint density at radius 1 is 1.05 bits per heavy atom. The number of hydrogen-bond acceptors (Lipinski definition) is 3. The Labute approximate surface area is 127 Å². The molecule has 2 aromatic carbocycles. The van der Waals surface area contributed by atoms with Gasteiger partial charge in [0.1, 0.15) is 5.82 Å². The minimum atomic E-state index is -0.463. The maximum atomic E-state index is 13.4. The maximum Gasteiger partial charge on any atom is 0.194 e. The van der Waals surface area contributed by atoms with E-state index in [1.807, 2.05) is 0 Å². The van der Waals surface area contributed by atoms with Crippen molar-refractivity contribution in [1.82, 2.24) is 0 Å². The Morgan fingerprint density at radius 2 is 1.67 bits per heavy atom. The Balaban J connectivity index is 2.52. The van der Waals surface area contributed by atoms with Gasteiger partial charge in [0.2, 0.25) is 0 Å². The zero-order valence-electron chi connectivity index (χ0n) is 11.9. The summed E-state index contributed by atoms with van der Waals surface area (Å²) in [6.45, 7) is 1.72. The summed E-state index contributed by atoms with van der Waals surface area (Å²) in [5, 5.41) is 0.222. The number of carbonyl (C=O) groups excluding carboxylic acids is 1. The molecule has 0 aliphatic carbocycles. The summed E-state index contributed by atoms with van der Waals surface area (Å²) in [5.41, 5.74) is 1.14. The van der Waals surface area contributed by atoms with E-state index in [1.54, 1.807) is 13.0 Å². The number of ketones is 1. The van der Waals surface area contributed by atoms with Gasteiger partial charge >= 0.3 is 0 Å². The Morgan fingerprint density at radius 3 is 2.24 bits per heavy atom. The predicted molar refractivity (Wildman–Crippen MR) is 79.1 cm³/mol. The number of halogens is 2. The highest BCUT2D eigenvalue weighted by Crippen LogP contribution is 2.34. The van der Waals surface area contributed by atoms with Crippen molar-refractivity contribution in [2.24, 2.45) is 0 Å². The number of aryl methyl sites for hydroxylation is 1. The molecule has 2 rings (SSSR count). The molecule has 0 N–H and O–H groups in total. The second kappa shape index (κ2) is 6.14. The van der Waals surface area contributed by atoms with Crippen LogP contribution >= 0.6 is 11.6 Å². The number of rotatable bonds is 4. The normalized spacial score (nSPS) is 10.3. The molecule has 2 aromatic rings. The van der Waals surface area contributed by atoms with Crippen LogP contribution in [-0.2, 0) is 0 Å². The molecule has 0 saturated carbocycles. The monoisotopic (exact) mass is 308 g/mol. The smallest absolute Gasteiger partial charge is 0.194 e. The second-order valence-electron chi connectivity index (χ2n) is 4.53. The molecule has 0 radical (unpaired) electrons. The minimum Gasteiger partial charge on any atom is -0.493 e. The molecule has 110 valence electrons. The van der Waals surface area contributed by atoms with Gasteiger partial charge in [-0.25, -0.2) is 4.39 Å². The summed E-state index contributed by atoms with van der Waals surface area (Å²) >= 11 is 6.11. The highest BCUT2D eigenvalue weighted by molar-refractivity contribution is 6.35. The van der Waals surface area contributed by atoms with Crippen molar-refractivity contribution in [3.05, 3.63) is 57.9 Å². The fourth-order valence-electron chi connectivity index (χ4n) is 2.05. The third-order valence-electron chi connectivity index (χ3n) is 3.02. The van der Waals surface area contributed by atoms with Crippen LogP contribution in [0.3, 0.4) is 0 Å². The average molecular weight is 309 g/mol. The zero-order valence-corrected chi connectivity index (χ0v) is 12.6. The summed E-state index contributed by atoms with van der Waals surface area (Å²) in [7, 11) is 2.94. The van der Waals surface area contributed by atoms with Crippen LogP contribution in [0.2, 0.25) is 5.02 Å². The predicted octanol–water partition coefficient (Wildman–Crippen LogP) is 4.04. The van der Waals surface area contributed by atoms with E-state index in [9.17, 15) is 9.18 Å². The maximum absolute atomic E-state index is 13.4. The SMILES string of the molecule is COc1cc(Cl)c(C(=O)c2cc(C)cc(F)c2)cc1OC. The summed E-state index contributed by atoms with van der Waals surface area (Å²) in [6, 6.07) is 7.14. The molecule has 0 aromatic heterocycles. The van der Waals surface area contributed by atoms with E-state index >= 15 is 0 Å². The molecule has 0 unspecified atom stereocenters. The Kier molecular flexibility index (Phi) is 4.48. The lowest BCUT2D eigenvalue weighted by atomic mass is 10.0. The molecule has 0 heterocycles. The van der Waals surface area contributed by atoms with Gasteiger partial charge in [-0.3, -0.25) is 4.79 Å². The van der Waals surface area contributed by atoms with Crippen LogP contribution in [0, 0.1) is 12.7 Å². The lowest BCUT2D eigenvalue weighted by Gasteiger charge is -2.11. The van der Waals surface area contributed by atoms with Crippen LogP contribution in [0.1, 0.15) is 21.5 Å². The fraction of sp³-hybridized carbons (Fsp3) is 0.188. The van der Waals surface area contributed by atoms with Gasteiger partial charge in [0.25, 0.3) is 0 Å². The number of ether oxygens (including phenoxy) is 2. The third-order valence-corrected chi connectivity index (χ3v) is 3.33. The van der Waals surface area contributed by atoms with Crippen molar-refractivity contribution in [3.63, 3.8) is 0 Å². The topological polar surface area (TPSA) is 35.5 Å². The van der Waals surface area contributed by atoms with Crippen LogP contribution in [-0.4, -0.2) is 20.0 Å². The molecule has 0 aliphatic rings. The molecule has 0 atom stereocenters. The first-order valence-corrected chi connectivity index (χ1v) is 6.57. The summed E-state index contributed by atoms with van der Waals surface area (Å²) in [6.07, 6.45) is 0. The first kappa shape index (κ1) is 15.3. The van der Waals surface area contributed by atoms with Crippen molar-refractivity contribution in [3.8, 4) is 11.5 Å². The van der Waals surface area contributed by atoms with E-state index in [-0.39, 0.29) is 21.9 Å². The Bertz CT molecular complexity index is 678. The highest BCUT2D eigenvalue weighted by Gasteiger charge is 2.18. The van der Waals surface area contributed by atoms with Gasteiger partial charge in [-0.1, -0.05) is 11.6 Å². The van der Waals surface area contributed by atoms with Crippen LogP contribution in [0.4, 0.5) is 4.39 Å². The van der Waals surface area contributed by atoms with Crippen LogP contribution in [0.25, 0.3) is 0 Å². The molecular formula is C16H14ClFO3. The molecule has 3 nitrogen and oxygen atoms in total. The molecule has 0 fully saturated rings. The van der Waals surface area contributed by atoms with Crippen LogP contribution in [0.5, 0.6) is 11.5 Å². The van der Waals surface area contributed by atoms with Crippen molar-refractivity contribution in [2.75, 3.05) is 14.2 Å². The van der Waals surface area contributed by atoms with Crippen molar-refractivity contribution >= 4 is 17.4 Å². The average Bonchev–Trinajstić information content (AvgIpc) is 2.45. The largest absolute Gasteiger partial charge is 0.493 e. The highest BCUT2D eigenvalue weighted by atomic mass is 35.5. The lowest BCUT2D eigenvalue weighted by Crippen LogP contribution is -2.04. The van der Waals surface area contributed by atoms with Crippen molar-refractivity contribution in [2.45, 2.75) is 6.92 Å². The number of methoxy groups -OCH3 is 2. The summed E-state index contributed by atoms with van der Waals surface area (Å²) in [5.74, 6) is -0.0219. The molecule has 0 saturated heterocycles. The number of carbonyl (C=O) groups is 1. The molecule has 5 heteroatoms. The minimum absolute atomic E-state index is 0.222. The second-order valence-corrected chi connectivity index (χ2v) is 4.94. The van der Waals surface area contributed by atoms with Gasteiger partial charge in [-0.15, -0.1) is 0 Å². The lowest BCUT2D eigenvalue weighted by molar-refractivity contribution is 0.103. The number of benzene rings is 2. The molecule has 0 amide bonds. The van der Waals surface area contributed by atoms with Gasteiger partial charge in [0.05, 0.1) is 19.2 Å². The summed E-state index contributed by atoms with van der Waals surface area (Å²) in [4.78, 5) is 12.5. The molecule has 0 bridgehead atoms. The van der Waals surface area contributed by atoms with E-state index in [2.05, 4.69) is 0 Å². The third kappa shape index (κ3) is 3.16. The van der Waals surface area contributed by atoms with E-state index in [4.69, 9.17) is 21.1 Å². The van der Waals surface area contributed by atoms with E-state index in [1.165, 1.54) is 38.5 Å². The van der Waals surface area contributed by atoms with Crippen LogP contribution < -0.4 is 9.47 Å². The van der Waals surface area contributed by atoms with Crippen molar-refractivity contribution < 1.29 is 18.7 Å². The first-order chi connectivity index (χ1) is 9.96. The van der Waals surface area contributed by atoms with E-state index in [0.29, 0.717) is 17.1 Å². The zero-order chi connectivity index (χ0) is 15.6. The summed E-state index contributed by atoms with van der Waals surface area (Å²) < 4.78 is 23.7. The van der Waals surface area contributed by atoms with Gasteiger partial charge in [0, 0.05) is 17.2 Å². The molecular weight excluding hydrogens is 295 g/mol. The van der Waals surface area contributed by atoms with Gasteiger partial charge < -0.3 is 9.47 Å². The van der Waals surface area contributed by atoms with Crippen LogP contribution in [0.15, 0.2) is 30.3 Å². The van der Waals surface area contributed by atoms with Crippen molar-refractivity contribution in [1.29, 1.82) is 0 Å². The fourth-order valence-corrected chi connectivity index (χ4v) is 2.29. The molecule has 0 spiro atoms.